The van der Waals surface area contributed by atoms with Gasteiger partial charge in [-0.05, 0) is 55.8 Å². The molecule has 30 heavy (non-hydrogen) atoms. The summed E-state index contributed by atoms with van der Waals surface area (Å²) in [5.41, 5.74) is 1.38. The first kappa shape index (κ1) is 22.9. The second-order valence-corrected chi connectivity index (χ2v) is 10.8. The molecule has 0 N–H and O–H groups in total. The fourth-order valence-corrected chi connectivity index (χ4v) is 5.89. The lowest BCUT2D eigenvalue weighted by atomic mass is 10.2. The molecule has 3 aromatic rings. The number of unbranched alkanes of at least 4 members (excludes halogenated alkanes) is 1. The third kappa shape index (κ3) is 4.74. The zero-order chi connectivity index (χ0) is 21.9. The Bertz CT molecular complexity index is 1230. The smallest absolute Gasteiger partial charge is 0.279 e. The maximum atomic E-state index is 12.7. The summed E-state index contributed by atoms with van der Waals surface area (Å²) in [4.78, 5) is 17.8. The van der Waals surface area contributed by atoms with Gasteiger partial charge in [0.15, 0.2) is 4.80 Å². The molecule has 0 saturated heterocycles. The molecule has 0 aliphatic carbocycles. The molecule has 1 heterocycles. The van der Waals surface area contributed by atoms with Gasteiger partial charge in [0, 0.05) is 30.2 Å². The van der Waals surface area contributed by atoms with E-state index in [0.29, 0.717) is 23.5 Å². The van der Waals surface area contributed by atoms with Crippen LogP contribution in [0.2, 0.25) is 0 Å². The molecule has 0 unspecified atom stereocenters. The van der Waals surface area contributed by atoms with Gasteiger partial charge in [-0.1, -0.05) is 40.6 Å². The number of carbonyl (C=O) groups excluding carboxylic acids is 1. The number of sulfonamides is 1. The van der Waals surface area contributed by atoms with Crippen LogP contribution in [0.25, 0.3) is 10.2 Å². The molecule has 0 aliphatic heterocycles. The summed E-state index contributed by atoms with van der Waals surface area (Å²) < 4.78 is 30.6. The normalized spacial score (nSPS) is 12.8. The van der Waals surface area contributed by atoms with Crippen LogP contribution in [0, 0.1) is 0 Å². The highest BCUT2D eigenvalue weighted by Gasteiger charge is 2.20. The van der Waals surface area contributed by atoms with Gasteiger partial charge in [0.1, 0.15) is 0 Å². The Morgan fingerprint density at radius 2 is 1.87 bits per heavy atom. The van der Waals surface area contributed by atoms with E-state index in [2.05, 4.69) is 20.9 Å². The third-order valence-electron chi connectivity index (χ3n) is 4.79. The van der Waals surface area contributed by atoms with E-state index in [1.54, 1.807) is 7.05 Å². The monoisotopic (exact) mass is 509 g/mol. The van der Waals surface area contributed by atoms with Gasteiger partial charge in [0.25, 0.3) is 5.91 Å². The van der Waals surface area contributed by atoms with Gasteiger partial charge in [0.2, 0.25) is 10.0 Å². The lowest BCUT2D eigenvalue weighted by molar-refractivity contribution is 0.0997. The topological polar surface area (TPSA) is 71.7 Å². The van der Waals surface area contributed by atoms with E-state index in [4.69, 9.17) is 0 Å². The van der Waals surface area contributed by atoms with Crippen LogP contribution in [0.5, 0.6) is 0 Å². The van der Waals surface area contributed by atoms with Crippen molar-refractivity contribution < 1.29 is 13.2 Å². The van der Waals surface area contributed by atoms with Crippen LogP contribution in [0.3, 0.4) is 0 Å². The molecule has 0 fully saturated rings. The number of hydrogen-bond donors (Lipinski definition) is 0. The fraction of sp³-hybridized carbons (Fsp3) is 0.333. The molecular formula is C21H24BrN3O3S2. The van der Waals surface area contributed by atoms with Crippen LogP contribution in [0.4, 0.5) is 0 Å². The Kier molecular flexibility index (Phi) is 7.28. The highest BCUT2D eigenvalue weighted by molar-refractivity contribution is 9.10. The Hall–Kier alpha value is -1.81. The Morgan fingerprint density at radius 1 is 1.17 bits per heavy atom. The average Bonchev–Trinajstić information content (AvgIpc) is 3.07. The highest BCUT2D eigenvalue weighted by atomic mass is 79.9. The third-order valence-corrected chi connectivity index (χ3v) is 8.20. The van der Waals surface area contributed by atoms with Crippen molar-refractivity contribution in [2.45, 2.75) is 38.1 Å². The largest absolute Gasteiger partial charge is 0.317 e. The number of nitrogens with zero attached hydrogens (tertiary/aromatic N) is 3. The minimum Gasteiger partial charge on any atom is -0.317 e. The SMILES string of the molecule is CCCCN(C)S(=O)(=O)c1ccc(C(=O)N=c2sc3cc(Br)ccc3n2CC)cc1. The summed E-state index contributed by atoms with van der Waals surface area (Å²) in [5, 5.41) is 0. The summed E-state index contributed by atoms with van der Waals surface area (Å²) in [5.74, 6) is -0.397. The molecule has 9 heteroatoms. The molecule has 3 rings (SSSR count). The number of aryl methyl sites for hydroxylation is 1. The van der Waals surface area contributed by atoms with E-state index in [1.807, 2.05) is 36.6 Å². The number of amides is 1. The van der Waals surface area contributed by atoms with E-state index in [-0.39, 0.29) is 4.90 Å². The Morgan fingerprint density at radius 3 is 2.50 bits per heavy atom. The molecule has 0 aliphatic rings. The van der Waals surface area contributed by atoms with Crippen LogP contribution in [0.15, 0.2) is 56.8 Å². The van der Waals surface area contributed by atoms with Crippen molar-refractivity contribution in [2.75, 3.05) is 13.6 Å². The minimum atomic E-state index is -3.56. The maximum absolute atomic E-state index is 12.7. The number of fused-ring (bicyclic) bond motifs is 1. The number of aromatic nitrogens is 1. The number of hydrogen-bond acceptors (Lipinski definition) is 4. The van der Waals surface area contributed by atoms with Gasteiger partial charge >= 0.3 is 0 Å². The first-order chi connectivity index (χ1) is 14.3. The summed E-state index contributed by atoms with van der Waals surface area (Å²) in [6.07, 6.45) is 1.72. The first-order valence-corrected chi connectivity index (χ1v) is 12.8. The van der Waals surface area contributed by atoms with Crippen LogP contribution in [0.1, 0.15) is 37.0 Å². The van der Waals surface area contributed by atoms with Gasteiger partial charge in [-0.3, -0.25) is 4.79 Å². The molecule has 160 valence electrons. The zero-order valence-corrected chi connectivity index (χ0v) is 20.3. The molecule has 0 spiro atoms. The van der Waals surface area contributed by atoms with Crippen molar-refractivity contribution in [1.82, 2.24) is 8.87 Å². The maximum Gasteiger partial charge on any atom is 0.279 e. The molecule has 0 radical (unpaired) electrons. The quantitative estimate of drug-likeness (QED) is 0.465. The summed E-state index contributed by atoms with van der Waals surface area (Å²) in [6, 6.07) is 11.9. The lowest BCUT2D eigenvalue weighted by Crippen LogP contribution is -2.27. The van der Waals surface area contributed by atoms with Crippen LogP contribution in [-0.4, -0.2) is 36.8 Å². The molecule has 0 saturated carbocycles. The molecular weight excluding hydrogens is 486 g/mol. The minimum absolute atomic E-state index is 0.174. The first-order valence-electron chi connectivity index (χ1n) is 9.72. The van der Waals surface area contributed by atoms with Crippen LogP contribution in [-0.2, 0) is 16.6 Å². The fourth-order valence-electron chi connectivity index (χ4n) is 3.04. The van der Waals surface area contributed by atoms with Gasteiger partial charge in [0.05, 0.1) is 15.1 Å². The Balaban J connectivity index is 1.91. The average molecular weight is 510 g/mol. The number of rotatable bonds is 7. The van der Waals surface area contributed by atoms with E-state index < -0.39 is 15.9 Å². The van der Waals surface area contributed by atoms with E-state index >= 15 is 0 Å². The van der Waals surface area contributed by atoms with Crippen molar-refractivity contribution in [3.8, 4) is 0 Å². The predicted octanol–water partition coefficient (Wildman–Crippen LogP) is 4.65. The Labute approximate surface area is 189 Å². The van der Waals surface area contributed by atoms with Crippen molar-refractivity contribution >= 4 is 53.4 Å². The highest BCUT2D eigenvalue weighted by Crippen LogP contribution is 2.22. The number of benzene rings is 2. The molecule has 0 bridgehead atoms. The van der Waals surface area contributed by atoms with Gasteiger partial charge in [-0.25, -0.2) is 12.7 Å². The number of carbonyl (C=O) groups is 1. The van der Waals surface area contributed by atoms with E-state index in [0.717, 1.165) is 27.5 Å². The lowest BCUT2D eigenvalue weighted by Gasteiger charge is -2.16. The molecule has 1 amide bonds. The number of halogens is 1. The van der Waals surface area contributed by atoms with Crippen LogP contribution >= 0.6 is 27.3 Å². The van der Waals surface area contributed by atoms with Crippen molar-refractivity contribution in [3.05, 3.63) is 57.3 Å². The van der Waals surface area contributed by atoms with E-state index in [9.17, 15) is 13.2 Å². The molecule has 2 aromatic carbocycles. The second-order valence-electron chi connectivity index (χ2n) is 6.86. The van der Waals surface area contributed by atoms with Gasteiger partial charge in [-0.15, -0.1) is 0 Å². The van der Waals surface area contributed by atoms with Crippen molar-refractivity contribution in [2.24, 2.45) is 4.99 Å². The number of thiazole rings is 1. The van der Waals surface area contributed by atoms with Gasteiger partial charge < -0.3 is 4.57 Å². The standard InChI is InChI=1S/C21H24BrN3O3S2/c1-4-6-13-24(3)30(27,28)17-10-7-15(8-11-17)20(26)23-21-25(5-2)18-12-9-16(22)14-19(18)29-21/h7-12,14H,4-6,13H2,1-3H3. The summed E-state index contributed by atoms with van der Waals surface area (Å²) >= 11 is 4.92. The summed E-state index contributed by atoms with van der Waals surface area (Å²) in [6.45, 7) is 5.18. The zero-order valence-electron chi connectivity index (χ0n) is 17.1. The van der Waals surface area contributed by atoms with Crippen molar-refractivity contribution in [1.29, 1.82) is 0 Å². The second kappa shape index (κ2) is 9.55. The summed E-state index contributed by atoms with van der Waals surface area (Å²) in [7, 11) is -1.99. The molecule has 6 nitrogen and oxygen atoms in total. The molecule has 1 aromatic heterocycles. The van der Waals surface area contributed by atoms with Crippen LogP contribution < -0.4 is 4.80 Å². The van der Waals surface area contributed by atoms with Gasteiger partial charge in [-0.2, -0.15) is 4.99 Å². The van der Waals surface area contributed by atoms with E-state index in [1.165, 1.54) is 39.9 Å². The predicted molar refractivity (Wildman–Crippen MR) is 124 cm³/mol. The van der Waals surface area contributed by atoms with Crippen molar-refractivity contribution in [3.63, 3.8) is 0 Å². The molecule has 0 atom stereocenters.